The number of ether oxygens (including phenoxy) is 1. The molecule has 2 rings (SSSR count). The van der Waals surface area contributed by atoms with Crippen LogP contribution in [0.3, 0.4) is 0 Å². The van der Waals surface area contributed by atoms with E-state index in [0.717, 1.165) is 0 Å². The van der Waals surface area contributed by atoms with Gasteiger partial charge in [-0.3, -0.25) is 0 Å². The van der Waals surface area contributed by atoms with Crippen LogP contribution in [0.4, 0.5) is 14.5 Å². The Balaban J connectivity index is 2.35. The Morgan fingerprint density at radius 2 is 1.95 bits per heavy atom. The summed E-state index contributed by atoms with van der Waals surface area (Å²) in [5.41, 5.74) is 5.84. The maximum absolute atomic E-state index is 12.9. The first-order chi connectivity index (χ1) is 9.10. The van der Waals surface area contributed by atoms with Gasteiger partial charge in [0.1, 0.15) is 11.5 Å². The third-order valence-electron chi connectivity index (χ3n) is 2.46. The number of benzene rings is 2. The van der Waals surface area contributed by atoms with Crippen molar-refractivity contribution in [2.75, 3.05) is 5.73 Å². The average Bonchev–Trinajstić information content (AvgIpc) is 2.41. The molecule has 0 aliphatic heterocycles. The predicted octanol–water partition coefficient (Wildman–Crippen LogP) is 3.87. The van der Waals surface area contributed by atoms with Gasteiger partial charge >= 0.3 is 0 Å². The number of halogens is 2. The molecule has 0 aliphatic rings. The number of alkyl halides is 2. The second-order valence-corrected chi connectivity index (χ2v) is 3.84. The molecule has 0 spiro atoms. The van der Waals surface area contributed by atoms with Crippen molar-refractivity contribution in [3.8, 4) is 17.6 Å². The summed E-state index contributed by atoms with van der Waals surface area (Å²) in [7, 11) is 0. The van der Waals surface area contributed by atoms with Crippen LogP contribution in [0, 0.1) is 11.3 Å². The van der Waals surface area contributed by atoms with Gasteiger partial charge in [0, 0.05) is 5.69 Å². The molecule has 3 nitrogen and oxygen atoms in total. The minimum absolute atomic E-state index is 0.0271. The van der Waals surface area contributed by atoms with Gasteiger partial charge in [0.15, 0.2) is 0 Å². The number of anilines is 1. The molecular weight excluding hydrogens is 250 g/mol. The number of hydrogen-bond donors (Lipinski definition) is 1. The molecule has 0 heterocycles. The van der Waals surface area contributed by atoms with Crippen LogP contribution < -0.4 is 10.5 Å². The van der Waals surface area contributed by atoms with E-state index in [1.54, 1.807) is 18.2 Å². The van der Waals surface area contributed by atoms with Gasteiger partial charge in [0.2, 0.25) is 0 Å². The van der Waals surface area contributed by atoms with Gasteiger partial charge in [-0.25, -0.2) is 8.78 Å². The first kappa shape index (κ1) is 12.8. The minimum atomic E-state index is -2.68. The molecule has 0 saturated carbocycles. The van der Waals surface area contributed by atoms with Crippen LogP contribution in [0.5, 0.6) is 11.5 Å². The molecule has 96 valence electrons. The molecule has 0 radical (unpaired) electrons. The number of nitriles is 1. The summed E-state index contributed by atoms with van der Waals surface area (Å²) in [4.78, 5) is 0. The molecule has 0 amide bonds. The molecule has 0 fully saturated rings. The Labute approximate surface area is 108 Å². The highest BCUT2D eigenvalue weighted by Crippen LogP contribution is 2.33. The smallest absolute Gasteiger partial charge is 0.267 e. The van der Waals surface area contributed by atoms with E-state index in [4.69, 9.17) is 15.7 Å². The van der Waals surface area contributed by atoms with Crippen molar-refractivity contribution in [2.45, 2.75) is 6.43 Å². The largest absolute Gasteiger partial charge is 0.457 e. The Kier molecular flexibility index (Phi) is 3.62. The summed E-state index contributed by atoms with van der Waals surface area (Å²) in [5, 5.41) is 8.77. The van der Waals surface area contributed by atoms with E-state index in [9.17, 15) is 8.78 Å². The van der Waals surface area contributed by atoms with Crippen LogP contribution in [-0.2, 0) is 0 Å². The highest BCUT2D eigenvalue weighted by atomic mass is 19.3. The first-order valence-electron chi connectivity index (χ1n) is 5.46. The van der Waals surface area contributed by atoms with Gasteiger partial charge < -0.3 is 10.5 Å². The van der Waals surface area contributed by atoms with Crippen LogP contribution in [0.1, 0.15) is 17.6 Å². The Morgan fingerprint density at radius 1 is 1.16 bits per heavy atom. The van der Waals surface area contributed by atoms with Crippen molar-refractivity contribution in [2.24, 2.45) is 0 Å². The summed E-state index contributed by atoms with van der Waals surface area (Å²) in [6.07, 6.45) is -2.68. The van der Waals surface area contributed by atoms with E-state index >= 15 is 0 Å². The Bertz CT molecular complexity index is 636. The van der Waals surface area contributed by atoms with Gasteiger partial charge in [0.05, 0.1) is 17.2 Å². The number of hydrogen-bond acceptors (Lipinski definition) is 3. The second-order valence-electron chi connectivity index (χ2n) is 3.84. The topological polar surface area (TPSA) is 59.0 Å². The Morgan fingerprint density at radius 3 is 2.63 bits per heavy atom. The van der Waals surface area contributed by atoms with Crippen molar-refractivity contribution in [3.63, 3.8) is 0 Å². The van der Waals surface area contributed by atoms with Crippen LogP contribution in [0.2, 0.25) is 0 Å². The maximum atomic E-state index is 12.9. The SMILES string of the molecule is N#Cc1cccc(Oc2ccc(N)cc2C(F)F)c1. The average molecular weight is 260 g/mol. The summed E-state index contributed by atoms with van der Waals surface area (Å²) in [5.74, 6) is 0.352. The van der Waals surface area contributed by atoms with Crippen molar-refractivity contribution in [1.82, 2.24) is 0 Å². The summed E-state index contributed by atoms with van der Waals surface area (Å²) in [6.45, 7) is 0. The van der Waals surface area contributed by atoms with Crippen molar-refractivity contribution >= 4 is 5.69 Å². The van der Waals surface area contributed by atoms with Crippen LogP contribution >= 0.6 is 0 Å². The van der Waals surface area contributed by atoms with Gasteiger partial charge in [-0.15, -0.1) is 0 Å². The third kappa shape index (κ3) is 2.99. The molecular formula is C14H10F2N2O. The Hall–Kier alpha value is -2.61. The lowest BCUT2D eigenvalue weighted by Gasteiger charge is -2.11. The van der Waals surface area contributed by atoms with E-state index in [2.05, 4.69) is 0 Å². The predicted molar refractivity (Wildman–Crippen MR) is 67.0 cm³/mol. The van der Waals surface area contributed by atoms with E-state index < -0.39 is 6.43 Å². The van der Waals surface area contributed by atoms with E-state index in [1.807, 2.05) is 6.07 Å². The molecule has 0 saturated heterocycles. The highest BCUT2D eigenvalue weighted by molar-refractivity contribution is 5.50. The summed E-state index contributed by atoms with van der Waals surface area (Å²) in [6, 6.07) is 12.3. The number of nitrogen functional groups attached to an aromatic ring is 1. The molecule has 0 bridgehead atoms. The van der Waals surface area contributed by atoms with E-state index in [1.165, 1.54) is 24.3 Å². The molecule has 2 aromatic carbocycles. The molecule has 2 N–H and O–H groups in total. The van der Waals surface area contributed by atoms with Gasteiger partial charge in [0.25, 0.3) is 6.43 Å². The van der Waals surface area contributed by atoms with Gasteiger partial charge in [-0.1, -0.05) is 6.07 Å². The fourth-order valence-electron chi connectivity index (χ4n) is 1.59. The minimum Gasteiger partial charge on any atom is -0.457 e. The van der Waals surface area contributed by atoms with Crippen LogP contribution in [0.25, 0.3) is 0 Å². The van der Waals surface area contributed by atoms with Crippen molar-refractivity contribution in [3.05, 3.63) is 53.6 Å². The zero-order valence-corrected chi connectivity index (χ0v) is 9.81. The molecule has 5 heteroatoms. The fraction of sp³-hybridized carbons (Fsp3) is 0.0714. The normalized spacial score (nSPS) is 10.2. The monoisotopic (exact) mass is 260 g/mol. The molecule has 19 heavy (non-hydrogen) atoms. The number of nitrogens with two attached hydrogens (primary N) is 1. The molecule has 0 aromatic heterocycles. The molecule has 2 aromatic rings. The number of rotatable bonds is 3. The van der Waals surface area contributed by atoms with Crippen LogP contribution in [-0.4, -0.2) is 0 Å². The van der Waals surface area contributed by atoms with Crippen molar-refractivity contribution < 1.29 is 13.5 Å². The quantitative estimate of drug-likeness (QED) is 0.852. The lowest BCUT2D eigenvalue weighted by molar-refractivity contribution is 0.148. The zero-order chi connectivity index (χ0) is 13.8. The zero-order valence-electron chi connectivity index (χ0n) is 9.81. The second kappa shape index (κ2) is 5.36. The summed E-state index contributed by atoms with van der Waals surface area (Å²) < 4.78 is 31.1. The fourth-order valence-corrected chi connectivity index (χ4v) is 1.59. The van der Waals surface area contributed by atoms with E-state index in [0.29, 0.717) is 11.3 Å². The van der Waals surface area contributed by atoms with Crippen LogP contribution in [0.15, 0.2) is 42.5 Å². The van der Waals surface area contributed by atoms with Gasteiger partial charge in [-0.05, 0) is 36.4 Å². The molecule has 0 aliphatic carbocycles. The van der Waals surface area contributed by atoms with E-state index in [-0.39, 0.29) is 17.0 Å². The third-order valence-corrected chi connectivity index (χ3v) is 2.46. The van der Waals surface area contributed by atoms with Gasteiger partial charge in [-0.2, -0.15) is 5.26 Å². The van der Waals surface area contributed by atoms with Crippen molar-refractivity contribution in [1.29, 1.82) is 5.26 Å². The lowest BCUT2D eigenvalue weighted by atomic mass is 10.2. The summed E-state index contributed by atoms with van der Waals surface area (Å²) >= 11 is 0. The molecule has 0 unspecified atom stereocenters. The molecule has 0 atom stereocenters. The maximum Gasteiger partial charge on any atom is 0.267 e. The lowest BCUT2D eigenvalue weighted by Crippen LogP contribution is -1.95. The standard InChI is InChI=1S/C14H10F2N2O/c15-14(16)12-7-10(18)4-5-13(12)19-11-3-1-2-9(6-11)8-17/h1-7,14H,18H2. The first-order valence-corrected chi connectivity index (χ1v) is 5.46. The highest BCUT2D eigenvalue weighted by Gasteiger charge is 2.15. The number of nitrogens with zero attached hydrogens (tertiary/aromatic N) is 1.